The molecule has 2 aromatic carbocycles. The number of carbonyl (C=O) groups is 1. The number of anilines is 3. The Morgan fingerprint density at radius 2 is 1.78 bits per heavy atom. The normalized spacial score (nSPS) is 10.1. The summed E-state index contributed by atoms with van der Waals surface area (Å²) in [5, 5.41) is 6.03. The third-order valence-electron chi connectivity index (χ3n) is 3.79. The maximum Gasteiger partial charge on any atom is 0.255 e. The van der Waals surface area contributed by atoms with E-state index in [1.807, 2.05) is 31.2 Å². The van der Waals surface area contributed by atoms with Crippen molar-refractivity contribution in [3.63, 3.8) is 0 Å². The quantitative estimate of drug-likeness (QED) is 0.647. The smallest absolute Gasteiger partial charge is 0.255 e. The van der Waals surface area contributed by atoms with Gasteiger partial charge in [-0.15, -0.1) is 0 Å². The monoisotopic (exact) mass is 363 g/mol. The first-order valence-corrected chi connectivity index (χ1v) is 8.59. The van der Waals surface area contributed by atoms with Crippen molar-refractivity contribution < 1.29 is 14.3 Å². The van der Waals surface area contributed by atoms with Crippen LogP contribution in [0.5, 0.6) is 11.5 Å². The number of hydrogen-bond acceptors (Lipinski definition) is 5. The summed E-state index contributed by atoms with van der Waals surface area (Å²) in [6.07, 6.45) is 1.61. The van der Waals surface area contributed by atoms with Crippen LogP contribution in [-0.2, 0) is 0 Å². The van der Waals surface area contributed by atoms with Crippen LogP contribution in [0.25, 0.3) is 0 Å². The third-order valence-corrected chi connectivity index (χ3v) is 3.79. The average Bonchev–Trinajstić information content (AvgIpc) is 2.71. The first-order valence-electron chi connectivity index (χ1n) is 8.59. The van der Waals surface area contributed by atoms with Crippen molar-refractivity contribution in [3.05, 3.63) is 72.4 Å². The van der Waals surface area contributed by atoms with E-state index in [1.165, 1.54) is 0 Å². The lowest BCUT2D eigenvalue weighted by atomic mass is 10.2. The molecule has 6 heteroatoms. The largest absolute Gasteiger partial charge is 0.497 e. The molecule has 27 heavy (non-hydrogen) atoms. The van der Waals surface area contributed by atoms with E-state index in [0.29, 0.717) is 29.4 Å². The zero-order valence-electron chi connectivity index (χ0n) is 15.2. The number of hydrogen-bond donors (Lipinski definition) is 2. The summed E-state index contributed by atoms with van der Waals surface area (Å²) in [4.78, 5) is 16.7. The van der Waals surface area contributed by atoms with Gasteiger partial charge in [0.15, 0.2) is 0 Å². The highest BCUT2D eigenvalue weighted by Crippen LogP contribution is 2.20. The molecule has 3 aromatic rings. The van der Waals surface area contributed by atoms with Crippen LogP contribution in [0.15, 0.2) is 66.9 Å². The predicted molar refractivity (Wildman–Crippen MR) is 106 cm³/mol. The molecule has 0 aliphatic rings. The number of aromatic nitrogens is 1. The molecule has 3 rings (SSSR count). The minimum atomic E-state index is -0.220. The summed E-state index contributed by atoms with van der Waals surface area (Å²) < 4.78 is 10.6. The summed E-state index contributed by atoms with van der Waals surface area (Å²) in [7, 11) is 1.57. The van der Waals surface area contributed by atoms with Crippen LogP contribution in [0, 0.1) is 0 Å². The van der Waals surface area contributed by atoms with Crippen LogP contribution < -0.4 is 20.1 Å². The molecule has 0 atom stereocenters. The summed E-state index contributed by atoms with van der Waals surface area (Å²) in [6, 6.07) is 18.2. The fourth-order valence-electron chi connectivity index (χ4n) is 2.46. The lowest BCUT2D eigenvalue weighted by Crippen LogP contribution is -2.12. The molecule has 0 saturated carbocycles. The van der Waals surface area contributed by atoms with Gasteiger partial charge >= 0.3 is 0 Å². The van der Waals surface area contributed by atoms with Crippen molar-refractivity contribution in [2.45, 2.75) is 6.92 Å². The first-order chi connectivity index (χ1) is 13.2. The van der Waals surface area contributed by atoms with E-state index in [2.05, 4.69) is 15.6 Å². The topological polar surface area (TPSA) is 72.5 Å². The SMILES string of the molecule is CCOc1ccc(Nc2ccc(NC(=O)c3cccc(OC)c3)cn2)cc1. The van der Waals surface area contributed by atoms with Gasteiger partial charge in [-0.2, -0.15) is 0 Å². The van der Waals surface area contributed by atoms with Gasteiger partial charge in [-0.1, -0.05) is 6.07 Å². The predicted octanol–water partition coefficient (Wildman–Crippen LogP) is 4.48. The van der Waals surface area contributed by atoms with Crippen LogP contribution in [0.4, 0.5) is 17.2 Å². The molecular formula is C21H21N3O3. The van der Waals surface area contributed by atoms with E-state index < -0.39 is 0 Å². The molecule has 0 aliphatic heterocycles. The molecule has 0 aliphatic carbocycles. The molecule has 6 nitrogen and oxygen atoms in total. The Morgan fingerprint density at radius 1 is 1.00 bits per heavy atom. The number of ether oxygens (including phenoxy) is 2. The van der Waals surface area contributed by atoms with Crippen molar-refractivity contribution in [2.24, 2.45) is 0 Å². The first kappa shape index (κ1) is 18.3. The van der Waals surface area contributed by atoms with Gasteiger partial charge in [-0.25, -0.2) is 4.98 Å². The Labute approximate surface area is 158 Å². The molecule has 1 heterocycles. The molecular weight excluding hydrogens is 342 g/mol. The van der Waals surface area contributed by atoms with Crippen molar-refractivity contribution >= 4 is 23.1 Å². The molecule has 1 amide bonds. The van der Waals surface area contributed by atoms with Crippen molar-refractivity contribution in [1.82, 2.24) is 4.98 Å². The second-order valence-corrected chi connectivity index (χ2v) is 5.70. The van der Waals surface area contributed by atoms with E-state index in [9.17, 15) is 4.79 Å². The Balaban J connectivity index is 1.61. The van der Waals surface area contributed by atoms with E-state index in [1.54, 1.807) is 49.7 Å². The maximum atomic E-state index is 12.3. The van der Waals surface area contributed by atoms with Crippen LogP contribution in [0.3, 0.4) is 0 Å². The number of carbonyl (C=O) groups excluding carboxylic acids is 1. The average molecular weight is 363 g/mol. The Bertz CT molecular complexity index is 893. The van der Waals surface area contributed by atoms with Gasteiger partial charge in [0.1, 0.15) is 17.3 Å². The van der Waals surface area contributed by atoms with Gasteiger partial charge in [0, 0.05) is 11.3 Å². The standard InChI is InChI=1S/C21H21N3O3/c1-3-27-18-10-7-16(8-11-18)23-20-12-9-17(14-22-20)24-21(25)15-5-4-6-19(13-15)26-2/h4-14H,3H2,1-2H3,(H,22,23)(H,24,25). The molecule has 1 aromatic heterocycles. The molecule has 2 N–H and O–H groups in total. The van der Waals surface area contributed by atoms with Crippen LogP contribution in [-0.4, -0.2) is 24.6 Å². The Morgan fingerprint density at radius 3 is 2.44 bits per heavy atom. The zero-order valence-corrected chi connectivity index (χ0v) is 15.2. The summed E-state index contributed by atoms with van der Waals surface area (Å²) >= 11 is 0. The lowest BCUT2D eigenvalue weighted by molar-refractivity contribution is 0.102. The number of nitrogens with one attached hydrogen (secondary N) is 2. The third kappa shape index (κ3) is 4.98. The number of methoxy groups -OCH3 is 1. The molecule has 0 spiro atoms. The number of amides is 1. The fraction of sp³-hybridized carbons (Fsp3) is 0.143. The van der Waals surface area contributed by atoms with Crippen molar-refractivity contribution in [3.8, 4) is 11.5 Å². The van der Waals surface area contributed by atoms with Gasteiger partial charge in [-0.05, 0) is 61.5 Å². The van der Waals surface area contributed by atoms with Gasteiger partial charge in [0.05, 0.1) is 25.6 Å². The number of nitrogens with zero attached hydrogens (tertiary/aromatic N) is 1. The van der Waals surface area contributed by atoms with Gasteiger partial charge < -0.3 is 20.1 Å². The zero-order chi connectivity index (χ0) is 19.1. The van der Waals surface area contributed by atoms with E-state index in [-0.39, 0.29) is 5.91 Å². The number of rotatable bonds is 7. The van der Waals surface area contributed by atoms with Crippen molar-refractivity contribution in [2.75, 3.05) is 24.4 Å². The minimum absolute atomic E-state index is 0.220. The van der Waals surface area contributed by atoms with Crippen LogP contribution in [0.1, 0.15) is 17.3 Å². The fourth-order valence-corrected chi connectivity index (χ4v) is 2.46. The van der Waals surface area contributed by atoms with Crippen molar-refractivity contribution in [1.29, 1.82) is 0 Å². The molecule has 0 radical (unpaired) electrons. The molecule has 0 saturated heterocycles. The summed E-state index contributed by atoms with van der Waals surface area (Å²) in [5.74, 6) is 1.92. The van der Waals surface area contributed by atoms with Crippen LogP contribution in [0.2, 0.25) is 0 Å². The van der Waals surface area contributed by atoms with Crippen LogP contribution >= 0.6 is 0 Å². The van der Waals surface area contributed by atoms with E-state index in [4.69, 9.17) is 9.47 Å². The van der Waals surface area contributed by atoms with E-state index >= 15 is 0 Å². The minimum Gasteiger partial charge on any atom is -0.497 e. The highest BCUT2D eigenvalue weighted by molar-refractivity contribution is 6.04. The molecule has 0 fully saturated rings. The Hall–Kier alpha value is -3.54. The number of benzene rings is 2. The second-order valence-electron chi connectivity index (χ2n) is 5.70. The highest BCUT2D eigenvalue weighted by Gasteiger charge is 2.07. The highest BCUT2D eigenvalue weighted by atomic mass is 16.5. The summed E-state index contributed by atoms with van der Waals surface area (Å²) in [6.45, 7) is 2.59. The maximum absolute atomic E-state index is 12.3. The lowest BCUT2D eigenvalue weighted by Gasteiger charge is -2.09. The molecule has 0 unspecified atom stereocenters. The Kier molecular flexibility index (Phi) is 5.89. The van der Waals surface area contributed by atoms with Gasteiger partial charge in [0.2, 0.25) is 0 Å². The van der Waals surface area contributed by atoms with Gasteiger partial charge in [0.25, 0.3) is 5.91 Å². The molecule has 138 valence electrons. The van der Waals surface area contributed by atoms with E-state index in [0.717, 1.165) is 11.4 Å². The second kappa shape index (κ2) is 8.71. The van der Waals surface area contributed by atoms with Gasteiger partial charge in [-0.3, -0.25) is 4.79 Å². The molecule has 0 bridgehead atoms. The number of pyridine rings is 1. The summed E-state index contributed by atoms with van der Waals surface area (Å²) in [5.41, 5.74) is 2.03.